The summed E-state index contributed by atoms with van der Waals surface area (Å²) in [6.45, 7) is 12.9. The van der Waals surface area contributed by atoms with E-state index in [2.05, 4.69) is 74.1 Å². The SMILES string of the molecule is CCCN1CC2(CCN(C)CC2)CC1C(=O)NC(C)(C)c1ccc(C)cc1. The Morgan fingerprint density at radius 2 is 1.85 bits per heavy atom. The highest BCUT2D eigenvalue weighted by atomic mass is 16.2. The number of amides is 1. The minimum absolute atomic E-state index is 0.0121. The average Bonchev–Trinajstić information content (AvgIpc) is 2.97. The molecule has 2 aliphatic rings. The molecule has 3 rings (SSSR count). The number of rotatable bonds is 5. The first kappa shape index (κ1) is 20.3. The van der Waals surface area contributed by atoms with Gasteiger partial charge in [-0.15, -0.1) is 0 Å². The number of hydrogen-bond donors (Lipinski definition) is 1. The second-order valence-corrected chi connectivity index (χ2v) is 9.47. The number of piperidine rings is 1. The van der Waals surface area contributed by atoms with Crippen LogP contribution in [0, 0.1) is 12.3 Å². The zero-order valence-electron chi connectivity index (χ0n) is 17.8. The Bertz CT molecular complexity index is 644. The lowest BCUT2D eigenvalue weighted by molar-refractivity contribution is -0.127. The number of aryl methyl sites for hydroxylation is 1. The number of carbonyl (C=O) groups excluding carboxylic acids is 1. The molecule has 2 saturated heterocycles. The lowest BCUT2D eigenvalue weighted by atomic mass is 9.76. The first-order chi connectivity index (χ1) is 12.7. The maximum absolute atomic E-state index is 13.3. The molecule has 1 aromatic rings. The number of nitrogens with one attached hydrogen (secondary N) is 1. The third kappa shape index (κ3) is 4.55. The van der Waals surface area contributed by atoms with Gasteiger partial charge in [-0.2, -0.15) is 0 Å². The lowest BCUT2D eigenvalue weighted by Gasteiger charge is -2.37. The molecule has 1 spiro atoms. The van der Waals surface area contributed by atoms with Crippen molar-refractivity contribution in [2.24, 2.45) is 5.41 Å². The van der Waals surface area contributed by atoms with Gasteiger partial charge in [0, 0.05) is 6.54 Å². The molecule has 1 N–H and O–H groups in total. The van der Waals surface area contributed by atoms with Gasteiger partial charge in [0.15, 0.2) is 0 Å². The van der Waals surface area contributed by atoms with Crippen LogP contribution in [0.15, 0.2) is 24.3 Å². The molecule has 0 aliphatic carbocycles. The van der Waals surface area contributed by atoms with Crippen molar-refractivity contribution in [3.05, 3.63) is 35.4 Å². The molecular formula is C23H37N3O. The predicted octanol–water partition coefficient (Wildman–Crippen LogP) is 3.54. The Morgan fingerprint density at radius 1 is 1.22 bits per heavy atom. The van der Waals surface area contributed by atoms with Crippen LogP contribution in [0.4, 0.5) is 0 Å². The van der Waals surface area contributed by atoms with E-state index in [-0.39, 0.29) is 17.5 Å². The van der Waals surface area contributed by atoms with Gasteiger partial charge in [0.05, 0.1) is 11.6 Å². The summed E-state index contributed by atoms with van der Waals surface area (Å²) < 4.78 is 0. The maximum Gasteiger partial charge on any atom is 0.238 e. The van der Waals surface area contributed by atoms with Gasteiger partial charge in [0.1, 0.15) is 0 Å². The summed E-state index contributed by atoms with van der Waals surface area (Å²) in [5, 5.41) is 3.36. The van der Waals surface area contributed by atoms with Gasteiger partial charge < -0.3 is 10.2 Å². The van der Waals surface area contributed by atoms with Gasteiger partial charge in [-0.05, 0) is 84.1 Å². The fourth-order valence-electron chi connectivity index (χ4n) is 4.81. The molecule has 150 valence electrons. The monoisotopic (exact) mass is 371 g/mol. The normalized spacial score (nSPS) is 23.7. The van der Waals surface area contributed by atoms with Gasteiger partial charge in [-0.25, -0.2) is 0 Å². The summed E-state index contributed by atoms with van der Waals surface area (Å²) in [5.41, 5.74) is 2.38. The van der Waals surface area contributed by atoms with Crippen LogP contribution in [0.2, 0.25) is 0 Å². The van der Waals surface area contributed by atoms with Gasteiger partial charge in [-0.1, -0.05) is 36.8 Å². The number of hydrogen-bond acceptors (Lipinski definition) is 3. The first-order valence-corrected chi connectivity index (χ1v) is 10.6. The van der Waals surface area contributed by atoms with Crippen molar-refractivity contribution in [2.45, 2.75) is 65.0 Å². The van der Waals surface area contributed by atoms with Crippen LogP contribution in [0.1, 0.15) is 57.6 Å². The summed E-state index contributed by atoms with van der Waals surface area (Å²) >= 11 is 0. The highest BCUT2D eigenvalue weighted by molar-refractivity contribution is 5.83. The summed E-state index contributed by atoms with van der Waals surface area (Å²) in [5.74, 6) is 0.199. The van der Waals surface area contributed by atoms with Crippen LogP contribution in [-0.2, 0) is 10.3 Å². The molecule has 0 radical (unpaired) electrons. The summed E-state index contributed by atoms with van der Waals surface area (Å²) in [4.78, 5) is 18.2. The number of benzene rings is 1. The lowest BCUT2D eigenvalue weighted by Crippen LogP contribution is -2.50. The quantitative estimate of drug-likeness (QED) is 0.860. The van der Waals surface area contributed by atoms with Crippen molar-refractivity contribution in [1.29, 1.82) is 0 Å². The molecule has 2 aliphatic heterocycles. The van der Waals surface area contributed by atoms with E-state index < -0.39 is 0 Å². The van der Waals surface area contributed by atoms with Crippen molar-refractivity contribution >= 4 is 5.91 Å². The molecule has 1 unspecified atom stereocenters. The van der Waals surface area contributed by atoms with E-state index in [0.29, 0.717) is 5.41 Å². The fraction of sp³-hybridized carbons (Fsp3) is 0.696. The number of likely N-dealkylation sites (tertiary alicyclic amines) is 2. The second kappa shape index (κ2) is 7.92. The first-order valence-electron chi connectivity index (χ1n) is 10.6. The third-order valence-electron chi connectivity index (χ3n) is 6.68. The van der Waals surface area contributed by atoms with Crippen LogP contribution in [0.25, 0.3) is 0 Å². The van der Waals surface area contributed by atoms with Crippen molar-refractivity contribution in [3.63, 3.8) is 0 Å². The standard InChI is InChI=1S/C23H37N3O/c1-6-13-26-17-23(11-14-25(5)15-12-23)16-20(26)21(27)24-22(3,4)19-9-7-18(2)8-10-19/h7-10,20H,6,11-17H2,1-5H3,(H,24,27). The summed E-state index contributed by atoms with van der Waals surface area (Å²) in [6, 6.07) is 8.52. The highest BCUT2D eigenvalue weighted by Gasteiger charge is 2.47. The van der Waals surface area contributed by atoms with Crippen molar-refractivity contribution in [2.75, 3.05) is 33.2 Å². The Balaban J connectivity index is 1.72. The smallest absolute Gasteiger partial charge is 0.238 e. The Morgan fingerprint density at radius 3 is 2.44 bits per heavy atom. The molecule has 1 atom stereocenters. The average molecular weight is 372 g/mol. The van der Waals surface area contributed by atoms with Crippen molar-refractivity contribution in [1.82, 2.24) is 15.1 Å². The topological polar surface area (TPSA) is 35.6 Å². The van der Waals surface area contributed by atoms with E-state index in [9.17, 15) is 4.79 Å². The van der Waals surface area contributed by atoms with Gasteiger partial charge in [0.2, 0.25) is 5.91 Å². The Kier molecular flexibility index (Phi) is 5.97. The molecule has 4 heteroatoms. The van der Waals surface area contributed by atoms with Gasteiger partial charge in [-0.3, -0.25) is 9.69 Å². The minimum Gasteiger partial charge on any atom is -0.346 e. The predicted molar refractivity (Wildman–Crippen MR) is 112 cm³/mol. The van der Waals surface area contributed by atoms with Crippen LogP contribution in [0.3, 0.4) is 0 Å². The number of carbonyl (C=O) groups is 1. The minimum atomic E-state index is -0.356. The van der Waals surface area contributed by atoms with Crippen LogP contribution in [0.5, 0.6) is 0 Å². The van der Waals surface area contributed by atoms with Crippen LogP contribution < -0.4 is 5.32 Å². The molecule has 0 saturated carbocycles. The van der Waals surface area contributed by atoms with Crippen LogP contribution >= 0.6 is 0 Å². The van der Waals surface area contributed by atoms with E-state index in [1.165, 1.54) is 18.4 Å². The molecule has 1 amide bonds. The molecule has 0 aromatic heterocycles. The second-order valence-electron chi connectivity index (χ2n) is 9.47. The molecule has 27 heavy (non-hydrogen) atoms. The third-order valence-corrected chi connectivity index (χ3v) is 6.68. The zero-order valence-corrected chi connectivity index (χ0v) is 17.8. The number of nitrogens with zero attached hydrogens (tertiary/aromatic N) is 2. The highest BCUT2D eigenvalue weighted by Crippen LogP contribution is 2.43. The van der Waals surface area contributed by atoms with Crippen LogP contribution in [-0.4, -0.2) is 55.0 Å². The molecule has 2 heterocycles. The fourth-order valence-corrected chi connectivity index (χ4v) is 4.81. The zero-order chi connectivity index (χ0) is 19.7. The van der Waals surface area contributed by atoms with E-state index in [4.69, 9.17) is 0 Å². The van der Waals surface area contributed by atoms with E-state index >= 15 is 0 Å². The maximum atomic E-state index is 13.3. The van der Waals surface area contributed by atoms with Gasteiger partial charge >= 0.3 is 0 Å². The summed E-state index contributed by atoms with van der Waals surface area (Å²) in [7, 11) is 2.21. The van der Waals surface area contributed by atoms with Crippen molar-refractivity contribution < 1.29 is 4.79 Å². The molecular weight excluding hydrogens is 334 g/mol. The summed E-state index contributed by atoms with van der Waals surface area (Å²) in [6.07, 6.45) is 4.54. The molecule has 4 nitrogen and oxygen atoms in total. The molecule has 1 aromatic carbocycles. The molecule has 0 bridgehead atoms. The largest absolute Gasteiger partial charge is 0.346 e. The van der Waals surface area contributed by atoms with E-state index in [0.717, 1.165) is 44.6 Å². The Labute approximate surface area is 165 Å². The Hall–Kier alpha value is -1.39. The molecule has 2 fully saturated rings. The van der Waals surface area contributed by atoms with E-state index in [1.807, 2.05) is 0 Å². The van der Waals surface area contributed by atoms with Crippen molar-refractivity contribution in [3.8, 4) is 0 Å². The van der Waals surface area contributed by atoms with E-state index in [1.54, 1.807) is 0 Å². The van der Waals surface area contributed by atoms with Gasteiger partial charge in [0.25, 0.3) is 0 Å².